The van der Waals surface area contributed by atoms with Crippen LogP contribution in [0.25, 0.3) is 0 Å². The molecular formula is C27H43NO6SSi. The summed E-state index contributed by atoms with van der Waals surface area (Å²) < 4.78 is 38.1. The van der Waals surface area contributed by atoms with Crippen molar-refractivity contribution in [3.63, 3.8) is 0 Å². The molecule has 0 N–H and O–H groups in total. The van der Waals surface area contributed by atoms with Gasteiger partial charge in [-0.25, -0.2) is 4.21 Å². The van der Waals surface area contributed by atoms with E-state index in [0.717, 1.165) is 17.2 Å². The van der Waals surface area contributed by atoms with Gasteiger partial charge in [0, 0.05) is 21.3 Å². The van der Waals surface area contributed by atoms with Crippen molar-refractivity contribution in [1.29, 1.82) is 0 Å². The molecule has 2 atom stereocenters. The first kappa shape index (κ1) is 29.2. The molecule has 3 rings (SSSR count). The molecule has 0 spiro atoms. The molecule has 36 heavy (non-hydrogen) atoms. The number of rotatable bonds is 12. The summed E-state index contributed by atoms with van der Waals surface area (Å²) in [6.07, 6.45) is 2.14. The number of ether oxygens (including phenoxy) is 4. The van der Waals surface area contributed by atoms with Gasteiger partial charge in [-0.3, -0.25) is 4.79 Å². The number of hydrogen-bond donors (Lipinski definition) is 0. The molecule has 0 aliphatic carbocycles. The Labute approximate surface area is 220 Å². The molecule has 7 nitrogen and oxygen atoms in total. The first-order valence-corrected chi connectivity index (χ1v) is 17.5. The Morgan fingerprint density at radius 2 is 1.78 bits per heavy atom. The van der Waals surface area contributed by atoms with Gasteiger partial charge in [-0.2, -0.15) is 4.31 Å². The quantitative estimate of drug-likeness (QED) is 0.130. The fraction of sp³-hybridized carbons (Fsp3) is 0.667. The first-order valence-electron chi connectivity index (χ1n) is 12.7. The Kier molecular flexibility index (Phi) is 9.39. The Hall–Kier alpha value is -1.36. The first-order chi connectivity index (χ1) is 16.9. The summed E-state index contributed by atoms with van der Waals surface area (Å²) >= 11 is 0. The van der Waals surface area contributed by atoms with Crippen molar-refractivity contribution < 1.29 is 28.0 Å². The van der Waals surface area contributed by atoms with Crippen LogP contribution in [0.15, 0.2) is 36.9 Å². The van der Waals surface area contributed by atoms with Gasteiger partial charge in [0.2, 0.25) is 0 Å². The van der Waals surface area contributed by atoms with Gasteiger partial charge >= 0.3 is 5.97 Å². The van der Waals surface area contributed by atoms with Gasteiger partial charge in [0.05, 0.1) is 24.6 Å². The van der Waals surface area contributed by atoms with E-state index < -0.39 is 34.8 Å². The zero-order chi connectivity index (χ0) is 26.6. The second-order valence-electron chi connectivity index (χ2n) is 12.0. The van der Waals surface area contributed by atoms with Gasteiger partial charge in [0.25, 0.3) is 0 Å². The van der Waals surface area contributed by atoms with Gasteiger partial charge in [-0.15, -0.1) is 0 Å². The fourth-order valence-corrected chi connectivity index (χ4v) is 6.50. The normalized spacial score (nSPS) is 22.8. The third-order valence-corrected chi connectivity index (χ3v) is 10.4. The Balaban J connectivity index is 1.88. The molecule has 2 aliphatic rings. The predicted octanol–water partition coefficient (Wildman–Crippen LogP) is 4.38. The minimum Gasteiger partial charge on any atom is -0.461 e. The number of nitrogens with zero attached hydrogens (tertiary/aromatic N) is 1. The smallest absolute Gasteiger partial charge is 0.319 e. The average Bonchev–Trinajstić information content (AvgIpc) is 3.28. The summed E-state index contributed by atoms with van der Waals surface area (Å²) in [4.78, 5) is 13.0. The van der Waals surface area contributed by atoms with Crippen LogP contribution in [0.4, 0.5) is 0 Å². The Morgan fingerprint density at radius 1 is 1.14 bits per heavy atom. The second-order valence-corrected chi connectivity index (χ2v) is 19.7. The molecule has 0 radical (unpaired) electrons. The maximum atomic E-state index is 13.7. The van der Waals surface area contributed by atoms with Crippen LogP contribution in [0.5, 0.6) is 0 Å². The van der Waals surface area contributed by atoms with Crippen molar-refractivity contribution in [2.75, 3.05) is 46.4 Å². The minimum atomic E-state index is -1.31. The van der Waals surface area contributed by atoms with Gasteiger partial charge in [-0.1, -0.05) is 56.6 Å². The van der Waals surface area contributed by atoms with Crippen molar-refractivity contribution in [1.82, 2.24) is 4.31 Å². The van der Waals surface area contributed by atoms with Crippen molar-refractivity contribution in [3.05, 3.63) is 48.0 Å². The lowest BCUT2D eigenvalue weighted by molar-refractivity contribution is -0.149. The summed E-state index contributed by atoms with van der Waals surface area (Å²) in [5.41, 5.74) is 0.484. The Morgan fingerprint density at radius 3 is 2.25 bits per heavy atom. The van der Waals surface area contributed by atoms with Crippen molar-refractivity contribution in [2.45, 2.75) is 68.6 Å². The van der Waals surface area contributed by atoms with Gasteiger partial charge in [-0.05, 0) is 44.4 Å². The molecule has 0 aromatic heterocycles. The van der Waals surface area contributed by atoms with Gasteiger partial charge in [0.15, 0.2) is 0 Å². The van der Waals surface area contributed by atoms with E-state index in [1.807, 2.05) is 49.3 Å². The summed E-state index contributed by atoms with van der Waals surface area (Å²) in [7, 11) is -2.55. The van der Waals surface area contributed by atoms with Crippen LogP contribution in [-0.4, -0.2) is 73.7 Å². The number of benzene rings is 1. The van der Waals surface area contributed by atoms with E-state index in [1.54, 1.807) is 6.08 Å². The minimum absolute atomic E-state index is 0.171. The summed E-state index contributed by atoms with van der Waals surface area (Å²) in [5, 5.41) is 0. The summed E-state index contributed by atoms with van der Waals surface area (Å²) in [6, 6.07) is 9.04. The molecule has 0 saturated carbocycles. The molecule has 2 unspecified atom stereocenters. The maximum absolute atomic E-state index is 13.7. The topological polar surface area (TPSA) is 74.3 Å². The third kappa shape index (κ3) is 6.37. The molecule has 2 fully saturated rings. The number of carbonyl (C=O) groups excluding carboxylic acids is 1. The van der Waals surface area contributed by atoms with E-state index in [-0.39, 0.29) is 19.3 Å². The molecular weight excluding hydrogens is 494 g/mol. The van der Waals surface area contributed by atoms with Crippen LogP contribution in [0.1, 0.15) is 38.3 Å². The molecule has 1 aromatic carbocycles. The third-order valence-electron chi connectivity index (χ3n) is 6.81. The van der Waals surface area contributed by atoms with E-state index in [0.29, 0.717) is 39.5 Å². The van der Waals surface area contributed by atoms with Crippen molar-refractivity contribution >= 4 is 25.0 Å². The lowest BCUT2D eigenvalue weighted by Crippen LogP contribution is -2.62. The molecule has 2 saturated heterocycles. The van der Waals surface area contributed by atoms with E-state index in [9.17, 15) is 9.00 Å². The largest absolute Gasteiger partial charge is 0.461 e. The van der Waals surface area contributed by atoms with Crippen LogP contribution in [0.2, 0.25) is 25.7 Å². The van der Waals surface area contributed by atoms with Gasteiger partial charge < -0.3 is 18.9 Å². The predicted molar refractivity (Wildman–Crippen MR) is 146 cm³/mol. The van der Waals surface area contributed by atoms with Crippen LogP contribution in [-0.2, 0) is 45.7 Å². The lowest BCUT2D eigenvalue weighted by Gasteiger charge is -2.50. The molecule has 0 bridgehead atoms. The van der Waals surface area contributed by atoms with E-state index in [1.165, 1.54) is 0 Å². The number of carbonyl (C=O) groups is 1. The van der Waals surface area contributed by atoms with Gasteiger partial charge in [0.1, 0.15) is 35.3 Å². The monoisotopic (exact) mass is 537 g/mol. The van der Waals surface area contributed by atoms with Crippen LogP contribution < -0.4 is 0 Å². The highest BCUT2D eigenvalue weighted by Crippen LogP contribution is 2.41. The molecule has 0 amide bonds. The molecule has 202 valence electrons. The molecule has 2 aliphatic heterocycles. The van der Waals surface area contributed by atoms with Crippen molar-refractivity contribution in [3.8, 4) is 0 Å². The highest BCUT2D eigenvalue weighted by molar-refractivity contribution is 7.84. The van der Waals surface area contributed by atoms with E-state index >= 15 is 0 Å². The SMILES string of the molecule is C=CCOC(=O)C1(c2ccc(C3(N(COCC[Si](C)(C)C)S(=O)C(C)(C)C)COC3)cc2)CCOC1. The average molecular weight is 538 g/mol. The number of esters is 1. The standard InChI is InChI=1S/C27H43NO6SSi/c1-8-14-34-24(29)26(13-15-31-18-26)22-9-11-23(12-10-22)27(19-33-20-27)28(35(30)25(2,3)4)21-32-16-17-36(5,6)7/h8-12H,1,13-21H2,2-7H3. The maximum Gasteiger partial charge on any atom is 0.319 e. The van der Waals surface area contributed by atoms with Crippen molar-refractivity contribution in [2.24, 2.45) is 0 Å². The lowest BCUT2D eigenvalue weighted by atomic mass is 9.78. The zero-order valence-corrected chi connectivity index (χ0v) is 24.6. The van der Waals surface area contributed by atoms with Crippen LogP contribution >= 0.6 is 0 Å². The molecule has 1 aromatic rings. The zero-order valence-electron chi connectivity index (χ0n) is 22.8. The van der Waals surface area contributed by atoms with E-state index in [4.69, 9.17) is 18.9 Å². The fourth-order valence-electron chi connectivity index (χ4n) is 4.38. The molecule has 2 heterocycles. The molecule has 9 heteroatoms. The van der Waals surface area contributed by atoms with Crippen LogP contribution in [0.3, 0.4) is 0 Å². The van der Waals surface area contributed by atoms with Crippen LogP contribution in [0, 0.1) is 0 Å². The Bertz CT molecular complexity index is 927. The summed E-state index contributed by atoms with van der Waals surface area (Å²) in [6.45, 7) is 19.3. The highest BCUT2D eigenvalue weighted by atomic mass is 32.2. The highest BCUT2D eigenvalue weighted by Gasteiger charge is 2.51. The number of hydrogen-bond acceptors (Lipinski definition) is 6. The second kappa shape index (κ2) is 11.6. The van der Waals surface area contributed by atoms with E-state index in [2.05, 4.69) is 26.2 Å². The summed E-state index contributed by atoms with van der Waals surface area (Å²) in [5.74, 6) is -0.291.